The summed E-state index contributed by atoms with van der Waals surface area (Å²) in [6.45, 7) is 1.89. The molecule has 0 unspecified atom stereocenters. The van der Waals surface area contributed by atoms with Crippen LogP contribution in [0.3, 0.4) is 0 Å². The maximum atomic E-state index is 12.9. The van der Waals surface area contributed by atoms with Gasteiger partial charge in [0.2, 0.25) is 0 Å². The Morgan fingerprint density at radius 3 is 2.48 bits per heavy atom. The molecule has 1 heterocycles. The van der Waals surface area contributed by atoms with Gasteiger partial charge < -0.3 is 0 Å². The molecule has 3 aromatic rings. The quantitative estimate of drug-likeness (QED) is 0.308. The predicted octanol–water partition coefficient (Wildman–Crippen LogP) is 3.69. The van der Waals surface area contributed by atoms with Gasteiger partial charge in [0.15, 0.2) is 0 Å². The van der Waals surface area contributed by atoms with Crippen LogP contribution in [0.1, 0.15) is 31.8 Å². The number of imide groups is 1. The Morgan fingerprint density at radius 2 is 1.74 bits per heavy atom. The Kier molecular flexibility index (Phi) is 3.77. The predicted molar refractivity (Wildman–Crippen MR) is 99.9 cm³/mol. The van der Waals surface area contributed by atoms with E-state index in [9.17, 15) is 19.7 Å². The molecule has 1 aliphatic rings. The fourth-order valence-electron chi connectivity index (χ4n) is 3.14. The highest BCUT2D eigenvalue weighted by Crippen LogP contribution is 2.33. The number of aryl methyl sites for hydroxylation is 1. The first kappa shape index (κ1) is 16.6. The zero-order valence-corrected chi connectivity index (χ0v) is 14.2. The zero-order chi connectivity index (χ0) is 19.1. The van der Waals surface area contributed by atoms with Gasteiger partial charge in [-0.05, 0) is 29.5 Å². The lowest BCUT2D eigenvalue weighted by atomic mass is 9.94. The van der Waals surface area contributed by atoms with Crippen molar-refractivity contribution >= 4 is 34.5 Å². The Bertz CT molecular complexity index is 1170. The molecule has 0 bridgehead atoms. The lowest BCUT2D eigenvalue weighted by Gasteiger charge is -2.23. The van der Waals surface area contributed by atoms with Gasteiger partial charge in [0, 0.05) is 17.5 Å². The Balaban J connectivity index is 1.86. The normalized spacial score (nSPS) is 13.6. The van der Waals surface area contributed by atoms with Crippen LogP contribution in [0, 0.1) is 17.0 Å². The van der Waals surface area contributed by atoms with Crippen LogP contribution in [0.2, 0.25) is 0 Å². The molecule has 0 radical (unpaired) electrons. The third kappa shape index (κ3) is 2.65. The van der Waals surface area contributed by atoms with Crippen LogP contribution in [-0.2, 0) is 0 Å². The van der Waals surface area contributed by atoms with Crippen molar-refractivity contribution in [1.82, 2.24) is 5.01 Å². The molecule has 7 nitrogen and oxygen atoms in total. The van der Waals surface area contributed by atoms with E-state index >= 15 is 0 Å². The van der Waals surface area contributed by atoms with E-state index in [0.29, 0.717) is 16.3 Å². The van der Waals surface area contributed by atoms with Crippen LogP contribution in [0.5, 0.6) is 0 Å². The number of hydrogen-bond donors (Lipinski definition) is 0. The van der Waals surface area contributed by atoms with E-state index in [1.807, 2.05) is 31.2 Å². The van der Waals surface area contributed by atoms with Gasteiger partial charge in [-0.3, -0.25) is 19.7 Å². The van der Waals surface area contributed by atoms with Gasteiger partial charge in [-0.15, -0.1) is 0 Å². The zero-order valence-electron chi connectivity index (χ0n) is 14.2. The van der Waals surface area contributed by atoms with E-state index in [-0.39, 0.29) is 11.3 Å². The SMILES string of the molecule is Cc1ccccc1/C=N\N1C(=O)c2cccc3cc([N+](=O)[O-])cc(c23)C1=O. The van der Waals surface area contributed by atoms with Crippen LogP contribution in [0.15, 0.2) is 59.7 Å². The average Bonchev–Trinajstić information content (AvgIpc) is 2.66. The molecule has 0 spiro atoms. The second-order valence-electron chi connectivity index (χ2n) is 6.18. The van der Waals surface area contributed by atoms with Crippen LogP contribution in [-0.4, -0.2) is 28.0 Å². The van der Waals surface area contributed by atoms with E-state index in [0.717, 1.165) is 16.1 Å². The molecular weight excluding hydrogens is 346 g/mol. The van der Waals surface area contributed by atoms with Gasteiger partial charge in [0.1, 0.15) is 0 Å². The van der Waals surface area contributed by atoms with Gasteiger partial charge in [0.05, 0.1) is 22.3 Å². The number of hydrogen-bond acceptors (Lipinski definition) is 5. The van der Waals surface area contributed by atoms with E-state index in [1.165, 1.54) is 18.3 Å². The fourth-order valence-corrected chi connectivity index (χ4v) is 3.14. The molecule has 1 aliphatic heterocycles. The molecule has 0 saturated carbocycles. The van der Waals surface area contributed by atoms with Crippen molar-refractivity contribution in [2.75, 3.05) is 0 Å². The summed E-state index contributed by atoms with van der Waals surface area (Å²) in [7, 11) is 0. The summed E-state index contributed by atoms with van der Waals surface area (Å²) in [4.78, 5) is 36.3. The second kappa shape index (κ2) is 6.14. The molecule has 0 atom stereocenters. The molecule has 0 N–H and O–H groups in total. The summed E-state index contributed by atoms with van der Waals surface area (Å²) >= 11 is 0. The summed E-state index contributed by atoms with van der Waals surface area (Å²) in [6.07, 6.45) is 1.44. The minimum absolute atomic E-state index is 0.0938. The number of carbonyl (C=O) groups excluding carboxylic acids is 2. The van der Waals surface area contributed by atoms with Crippen LogP contribution >= 0.6 is 0 Å². The number of amides is 2. The minimum Gasteiger partial charge on any atom is -0.267 e. The highest BCUT2D eigenvalue weighted by molar-refractivity contribution is 6.25. The van der Waals surface area contributed by atoms with Crippen molar-refractivity contribution in [3.8, 4) is 0 Å². The number of hydrazone groups is 1. The van der Waals surface area contributed by atoms with Gasteiger partial charge in [-0.2, -0.15) is 10.1 Å². The molecule has 4 rings (SSSR count). The van der Waals surface area contributed by atoms with E-state index in [2.05, 4.69) is 5.10 Å². The summed E-state index contributed by atoms with van der Waals surface area (Å²) in [5.41, 5.74) is 1.88. The second-order valence-corrected chi connectivity index (χ2v) is 6.18. The largest absolute Gasteiger partial charge is 0.282 e. The highest BCUT2D eigenvalue weighted by Gasteiger charge is 2.34. The first-order valence-electron chi connectivity index (χ1n) is 8.17. The van der Waals surface area contributed by atoms with Crippen LogP contribution in [0.4, 0.5) is 5.69 Å². The summed E-state index contributed by atoms with van der Waals surface area (Å²) in [5.74, 6) is -1.24. The molecule has 0 aromatic heterocycles. The van der Waals surface area contributed by atoms with Crippen molar-refractivity contribution in [2.45, 2.75) is 6.92 Å². The summed E-state index contributed by atoms with van der Waals surface area (Å²) in [5, 5.41) is 16.9. The monoisotopic (exact) mass is 359 g/mol. The Morgan fingerprint density at radius 1 is 1.00 bits per heavy atom. The number of non-ortho nitro benzene ring substituents is 1. The number of nitrogens with zero attached hydrogens (tertiary/aromatic N) is 3. The highest BCUT2D eigenvalue weighted by atomic mass is 16.6. The van der Waals surface area contributed by atoms with Crippen molar-refractivity contribution in [2.24, 2.45) is 5.10 Å². The third-order valence-corrected chi connectivity index (χ3v) is 4.52. The maximum absolute atomic E-state index is 12.9. The first-order valence-corrected chi connectivity index (χ1v) is 8.17. The molecule has 7 heteroatoms. The van der Waals surface area contributed by atoms with E-state index in [1.54, 1.807) is 18.2 Å². The molecule has 0 fully saturated rings. The van der Waals surface area contributed by atoms with Gasteiger partial charge in [-0.1, -0.05) is 36.4 Å². The number of carbonyl (C=O) groups is 2. The summed E-state index contributed by atoms with van der Waals surface area (Å²) < 4.78 is 0. The van der Waals surface area contributed by atoms with Crippen molar-refractivity contribution < 1.29 is 14.5 Å². The first-order chi connectivity index (χ1) is 13.0. The topological polar surface area (TPSA) is 92.9 Å². The van der Waals surface area contributed by atoms with Gasteiger partial charge >= 0.3 is 0 Å². The summed E-state index contributed by atoms with van der Waals surface area (Å²) in [6, 6.07) is 14.8. The molecule has 0 aliphatic carbocycles. The van der Waals surface area contributed by atoms with Crippen molar-refractivity contribution in [3.05, 3.63) is 87.0 Å². The Hall–Kier alpha value is -3.87. The number of nitro groups is 1. The fraction of sp³-hybridized carbons (Fsp3) is 0.0500. The molecule has 132 valence electrons. The number of rotatable bonds is 3. The molecule has 2 amide bonds. The van der Waals surface area contributed by atoms with Crippen molar-refractivity contribution in [1.29, 1.82) is 0 Å². The standard InChI is InChI=1S/C20H13N3O4/c1-12-5-2-3-6-14(12)11-21-22-19(24)16-8-4-7-13-9-15(23(26)27)10-17(18(13)16)20(22)25/h2-11H,1H3/b21-11-. The average molecular weight is 359 g/mol. The molecule has 27 heavy (non-hydrogen) atoms. The van der Waals surface area contributed by atoms with Gasteiger partial charge in [0.25, 0.3) is 17.5 Å². The molecule has 3 aromatic carbocycles. The lowest BCUT2D eigenvalue weighted by Crippen LogP contribution is -2.36. The lowest BCUT2D eigenvalue weighted by molar-refractivity contribution is -0.384. The minimum atomic E-state index is -0.683. The van der Waals surface area contributed by atoms with E-state index < -0.39 is 16.7 Å². The smallest absolute Gasteiger partial charge is 0.267 e. The van der Waals surface area contributed by atoms with Gasteiger partial charge in [-0.25, -0.2) is 0 Å². The number of benzene rings is 3. The van der Waals surface area contributed by atoms with Crippen molar-refractivity contribution in [3.63, 3.8) is 0 Å². The number of nitro benzene ring substituents is 1. The Labute approximate surface area is 153 Å². The third-order valence-electron chi connectivity index (χ3n) is 4.52. The van der Waals surface area contributed by atoms with Crippen LogP contribution in [0.25, 0.3) is 10.8 Å². The molecule has 0 saturated heterocycles. The van der Waals surface area contributed by atoms with E-state index in [4.69, 9.17) is 0 Å². The molecular formula is C20H13N3O4. The van der Waals surface area contributed by atoms with Crippen LogP contribution < -0.4 is 0 Å². The maximum Gasteiger partial charge on any atom is 0.282 e.